The number of aliphatic hydroxyl groups excluding tert-OH is 1. The Balaban J connectivity index is 2.44. The van der Waals surface area contributed by atoms with Gasteiger partial charge in [0.1, 0.15) is 0 Å². The largest absolute Gasteiger partial charge is 0.396 e. The highest BCUT2D eigenvalue weighted by atomic mass is 16.3. The summed E-state index contributed by atoms with van der Waals surface area (Å²) < 4.78 is 0. The van der Waals surface area contributed by atoms with E-state index in [4.69, 9.17) is 5.11 Å². The quantitative estimate of drug-likeness (QED) is 0.828. The van der Waals surface area contributed by atoms with Crippen LogP contribution in [-0.4, -0.2) is 23.2 Å². The molecule has 1 aromatic heterocycles. The molecule has 2 rings (SSSR count). The molecule has 0 amide bonds. The summed E-state index contributed by atoms with van der Waals surface area (Å²) in [5, 5.41) is 14.9. The fourth-order valence-corrected chi connectivity index (χ4v) is 2.13. The zero-order valence-electron chi connectivity index (χ0n) is 10.1. The maximum absolute atomic E-state index is 9.13. The molecule has 0 spiro atoms. The van der Waals surface area contributed by atoms with E-state index in [1.807, 2.05) is 24.4 Å². The van der Waals surface area contributed by atoms with Crippen molar-refractivity contribution in [1.29, 1.82) is 0 Å². The van der Waals surface area contributed by atoms with E-state index in [1.54, 1.807) is 0 Å². The summed E-state index contributed by atoms with van der Waals surface area (Å²) in [4.78, 5) is 4.47. The van der Waals surface area contributed by atoms with E-state index in [1.165, 1.54) is 5.39 Å². The van der Waals surface area contributed by atoms with E-state index in [-0.39, 0.29) is 12.6 Å². The van der Waals surface area contributed by atoms with Crippen LogP contribution in [0.4, 0.5) is 0 Å². The maximum Gasteiger partial charge on any atom is 0.0652 e. The van der Waals surface area contributed by atoms with Gasteiger partial charge in [-0.3, -0.25) is 4.98 Å². The molecule has 0 aliphatic rings. The van der Waals surface area contributed by atoms with Crippen molar-refractivity contribution in [3.63, 3.8) is 0 Å². The van der Waals surface area contributed by atoms with Gasteiger partial charge in [0.25, 0.3) is 0 Å². The number of fused-ring (bicyclic) bond motifs is 1. The number of hydrogen-bond donors (Lipinski definition) is 2. The predicted octanol–water partition coefficient (Wildman–Crippen LogP) is 2.27. The number of rotatable bonds is 5. The second-order valence-corrected chi connectivity index (χ2v) is 4.04. The standard InChI is InChI=1S/C14H18N2O/c1-2-15-13(8-10-17)14-12-6-4-3-5-11(12)7-9-16-14/h3-7,9,13,15,17H,2,8,10H2,1H3/t13-/m0/s1. The van der Waals surface area contributed by atoms with Crippen molar-refractivity contribution in [3.8, 4) is 0 Å². The van der Waals surface area contributed by atoms with Gasteiger partial charge in [0.05, 0.1) is 11.7 Å². The molecule has 2 aromatic rings. The van der Waals surface area contributed by atoms with Gasteiger partial charge in [0.15, 0.2) is 0 Å². The lowest BCUT2D eigenvalue weighted by Crippen LogP contribution is -2.23. The van der Waals surface area contributed by atoms with Crippen LogP contribution in [0.5, 0.6) is 0 Å². The van der Waals surface area contributed by atoms with Crippen LogP contribution in [0.3, 0.4) is 0 Å². The lowest BCUT2D eigenvalue weighted by molar-refractivity contribution is 0.265. The van der Waals surface area contributed by atoms with Crippen LogP contribution in [0.15, 0.2) is 36.5 Å². The first kappa shape index (κ1) is 12.0. The molecular weight excluding hydrogens is 212 g/mol. The third-order valence-corrected chi connectivity index (χ3v) is 2.90. The van der Waals surface area contributed by atoms with Crippen LogP contribution < -0.4 is 5.32 Å². The number of nitrogens with zero attached hydrogens (tertiary/aromatic N) is 1. The highest BCUT2D eigenvalue weighted by Gasteiger charge is 2.13. The Morgan fingerprint density at radius 1 is 1.29 bits per heavy atom. The molecule has 17 heavy (non-hydrogen) atoms. The zero-order chi connectivity index (χ0) is 12.1. The summed E-state index contributed by atoms with van der Waals surface area (Å²) in [6.07, 6.45) is 2.52. The van der Waals surface area contributed by atoms with Gasteiger partial charge >= 0.3 is 0 Å². The Morgan fingerprint density at radius 2 is 2.12 bits per heavy atom. The first-order chi connectivity index (χ1) is 8.36. The fourth-order valence-electron chi connectivity index (χ4n) is 2.13. The van der Waals surface area contributed by atoms with Crippen molar-refractivity contribution in [3.05, 3.63) is 42.2 Å². The van der Waals surface area contributed by atoms with Gasteiger partial charge in [0.2, 0.25) is 0 Å². The second-order valence-electron chi connectivity index (χ2n) is 4.04. The molecule has 0 aliphatic carbocycles. The van der Waals surface area contributed by atoms with Crippen LogP contribution in [0, 0.1) is 0 Å². The van der Waals surface area contributed by atoms with Gasteiger partial charge < -0.3 is 10.4 Å². The first-order valence-corrected chi connectivity index (χ1v) is 6.04. The third-order valence-electron chi connectivity index (χ3n) is 2.90. The summed E-state index contributed by atoms with van der Waals surface area (Å²) in [6, 6.07) is 10.4. The molecule has 90 valence electrons. The first-order valence-electron chi connectivity index (χ1n) is 6.04. The van der Waals surface area contributed by atoms with Crippen molar-refractivity contribution < 1.29 is 5.11 Å². The molecule has 1 atom stereocenters. The molecule has 0 radical (unpaired) electrons. The van der Waals surface area contributed by atoms with E-state index in [0.29, 0.717) is 6.42 Å². The molecule has 1 aromatic carbocycles. The van der Waals surface area contributed by atoms with Crippen molar-refractivity contribution in [1.82, 2.24) is 10.3 Å². The average Bonchev–Trinajstić information content (AvgIpc) is 2.38. The molecule has 3 heteroatoms. The van der Waals surface area contributed by atoms with E-state index in [2.05, 4.69) is 29.4 Å². The molecule has 0 fully saturated rings. The Morgan fingerprint density at radius 3 is 2.88 bits per heavy atom. The van der Waals surface area contributed by atoms with Gasteiger partial charge in [-0.25, -0.2) is 0 Å². The summed E-state index contributed by atoms with van der Waals surface area (Å²) in [5.41, 5.74) is 1.03. The molecule has 3 nitrogen and oxygen atoms in total. The molecule has 1 heterocycles. The van der Waals surface area contributed by atoms with Gasteiger partial charge in [-0.05, 0) is 24.4 Å². The normalized spacial score (nSPS) is 12.8. The Labute approximate surface area is 102 Å². The van der Waals surface area contributed by atoms with E-state index < -0.39 is 0 Å². The third kappa shape index (κ3) is 2.62. The molecular formula is C14H18N2O. The van der Waals surface area contributed by atoms with Gasteiger partial charge in [-0.1, -0.05) is 31.2 Å². The predicted molar refractivity (Wildman–Crippen MR) is 69.9 cm³/mol. The van der Waals surface area contributed by atoms with Crippen LogP contribution in [0.1, 0.15) is 25.1 Å². The lowest BCUT2D eigenvalue weighted by Gasteiger charge is -2.17. The number of aliphatic hydroxyl groups is 1. The minimum atomic E-state index is 0.121. The Kier molecular flexibility index (Phi) is 4.07. The van der Waals surface area contributed by atoms with Crippen LogP contribution in [0.2, 0.25) is 0 Å². The van der Waals surface area contributed by atoms with Crippen molar-refractivity contribution in [2.24, 2.45) is 0 Å². The molecule has 2 N–H and O–H groups in total. The number of benzene rings is 1. The minimum Gasteiger partial charge on any atom is -0.396 e. The van der Waals surface area contributed by atoms with E-state index in [0.717, 1.165) is 17.6 Å². The monoisotopic (exact) mass is 230 g/mol. The Bertz CT molecular complexity index is 473. The maximum atomic E-state index is 9.13. The zero-order valence-corrected chi connectivity index (χ0v) is 10.1. The topological polar surface area (TPSA) is 45.1 Å². The molecule has 0 bridgehead atoms. The lowest BCUT2D eigenvalue weighted by atomic mass is 10.0. The Hall–Kier alpha value is -1.45. The number of aromatic nitrogens is 1. The molecule has 0 saturated carbocycles. The fraction of sp³-hybridized carbons (Fsp3) is 0.357. The van der Waals surface area contributed by atoms with Gasteiger partial charge in [-0.2, -0.15) is 0 Å². The number of hydrogen-bond acceptors (Lipinski definition) is 3. The highest BCUT2D eigenvalue weighted by Crippen LogP contribution is 2.23. The highest BCUT2D eigenvalue weighted by molar-refractivity contribution is 5.84. The van der Waals surface area contributed by atoms with Crippen LogP contribution in [0.25, 0.3) is 10.8 Å². The van der Waals surface area contributed by atoms with Crippen molar-refractivity contribution >= 4 is 10.8 Å². The van der Waals surface area contributed by atoms with Crippen molar-refractivity contribution in [2.75, 3.05) is 13.2 Å². The number of nitrogens with one attached hydrogen (secondary N) is 1. The van der Waals surface area contributed by atoms with Crippen LogP contribution in [-0.2, 0) is 0 Å². The summed E-state index contributed by atoms with van der Waals surface area (Å²) in [7, 11) is 0. The van der Waals surface area contributed by atoms with Crippen LogP contribution >= 0.6 is 0 Å². The summed E-state index contributed by atoms with van der Waals surface area (Å²) in [6.45, 7) is 3.10. The smallest absolute Gasteiger partial charge is 0.0652 e. The van der Waals surface area contributed by atoms with Gasteiger partial charge in [-0.15, -0.1) is 0 Å². The summed E-state index contributed by atoms with van der Waals surface area (Å²) >= 11 is 0. The SMILES string of the molecule is CCN[C@@H](CCO)c1nccc2ccccc12. The van der Waals surface area contributed by atoms with E-state index in [9.17, 15) is 0 Å². The van der Waals surface area contributed by atoms with E-state index >= 15 is 0 Å². The molecule has 0 unspecified atom stereocenters. The molecule has 0 saturated heterocycles. The summed E-state index contributed by atoms with van der Waals surface area (Å²) in [5.74, 6) is 0. The molecule has 0 aliphatic heterocycles. The number of pyridine rings is 1. The van der Waals surface area contributed by atoms with Crippen molar-refractivity contribution in [2.45, 2.75) is 19.4 Å². The van der Waals surface area contributed by atoms with Gasteiger partial charge in [0, 0.05) is 18.2 Å². The second kappa shape index (κ2) is 5.75. The minimum absolute atomic E-state index is 0.121. The average molecular weight is 230 g/mol.